The van der Waals surface area contributed by atoms with Gasteiger partial charge in [0.25, 0.3) is 0 Å². The third-order valence-corrected chi connectivity index (χ3v) is 3.93. The summed E-state index contributed by atoms with van der Waals surface area (Å²) < 4.78 is 5.21. The predicted molar refractivity (Wildman–Crippen MR) is 91.5 cm³/mol. The van der Waals surface area contributed by atoms with Crippen molar-refractivity contribution >= 4 is 0 Å². The van der Waals surface area contributed by atoms with Crippen molar-refractivity contribution in [2.75, 3.05) is 26.4 Å². The van der Waals surface area contributed by atoms with Crippen LogP contribution in [0.2, 0.25) is 0 Å². The standard InChI is InChI=1S/C9H12O3.C9H20O2/c10-6-9(7-11)12-8-4-2-1-3-5-8;1-3-5-6-9(4-2,7-10)8-11/h1-5,9-11H,6-7H2;10-11H,3-8H2,1-2H3. The topological polar surface area (TPSA) is 90.2 Å². The van der Waals surface area contributed by atoms with Crippen LogP contribution in [0, 0.1) is 5.41 Å². The van der Waals surface area contributed by atoms with Crippen LogP contribution in [0.1, 0.15) is 39.5 Å². The zero-order valence-electron chi connectivity index (χ0n) is 14.3. The highest BCUT2D eigenvalue weighted by molar-refractivity contribution is 5.21. The van der Waals surface area contributed by atoms with E-state index in [0.29, 0.717) is 5.75 Å². The van der Waals surface area contributed by atoms with E-state index in [1.807, 2.05) is 25.1 Å². The van der Waals surface area contributed by atoms with Crippen LogP contribution >= 0.6 is 0 Å². The summed E-state index contributed by atoms with van der Waals surface area (Å²) in [6.45, 7) is 4.01. The van der Waals surface area contributed by atoms with Crippen molar-refractivity contribution in [3.05, 3.63) is 30.3 Å². The minimum absolute atomic E-state index is 0.111. The van der Waals surface area contributed by atoms with Crippen molar-refractivity contribution < 1.29 is 25.2 Å². The molecule has 1 rings (SSSR count). The van der Waals surface area contributed by atoms with Gasteiger partial charge in [0.15, 0.2) is 0 Å². The number of ether oxygens (including phenoxy) is 1. The average molecular weight is 328 g/mol. The molecule has 0 fully saturated rings. The summed E-state index contributed by atoms with van der Waals surface area (Å²) >= 11 is 0. The summed E-state index contributed by atoms with van der Waals surface area (Å²) in [5, 5.41) is 35.5. The number of para-hydroxylation sites is 1. The summed E-state index contributed by atoms with van der Waals surface area (Å²) in [5.74, 6) is 0.658. The number of hydrogen-bond acceptors (Lipinski definition) is 5. The maximum Gasteiger partial charge on any atom is 0.145 e. The molecule has 0 atom stereocenters. The lowest BCUT2D eigenvalue weighted by molar-refractivity contribution is 0.0420. The van der Waals surface area contributed by atoms with Crippen molar-refractivity contribution in [3.63, 3.8) is 0 Å². The van der Waals surface area contributed by atoms with Crippen LogP contribution < -0.4 is 4.74 Å². The molecule has 0 aliphatic heterocycles. The van der Waals surface area contributed by atoms with Gasteiger partial charge in [0.05, 0.1) is 26.4 Å². The second kappa shape index (κ2) is 13.3. The number of hydrogen-bond donors (Lipinski definition) is 4. The van der Waals surface area contributed by atoms with Gasteiger partial charge in [-0.25, -0.2) is 0 Å². The smallest absolute Gasteiger partial charge is 0.145 e. The molecule has 0 aliphatic carbocycles. The van der Waals surface area contributed by atoms with Gasteiger partial charge in [0.1, 0.15) is 11.9 Å². The van der Waals surface area contributed by atoms with E-state index in [9.17, 15) is 0 Å². The lowest BCUT2D eigenvalue weighted by Crippen LogP contribution is -2.28. The number of benzene rings is 1. The van der Waals surface area contributed by atoms with E-state index in [2.05, 4.69) is 6.92 Å². The highest BCUT2D eigenvalue weighted by Gasteiger charge is 2.25. The van der Waals surface area contributed by atoms with Crippen LogP contribution in [-0.2, 0) is 0 Å². The van der Waals surface area contributed by atoms with Gasteiger partial charge in [-0.15, -0.1) is 0 Å². The normalized spacial score (nSPS) is 11.1. The van der Waals surface area contributed by atoms with E-state index in [-0.39, 0.29) is 31.8 Å². The van der Waals surface area contributed by atoms with Gasteiger partial charge >= 0.3 is 0 Å². The van der Waals surface area contributed by atoms with Gasteiger partial charge in [-0.1, -0.05) is 44.9 Å². The van der Waals surface area contributed by atoms with E-state index in [1.54, 1.807) is 12.1 Å². The van der Waals surface area contributed by atoms with Gasteiger partial charge < -0.3 is 25.2 Å². The molecule has 0 saturated carbocycles. The molecular formula is C18H32O5. The molecule has 5 heteroatoms. The Hall–Kier alpha value is -1.14. The minimum atomic E-state index is -0.521. The van der Waals surface area contributed by atoms with E-state index < -0.39 is 6.10 Å². The molecule has 0 spiro atoms. The monoisotopic (exact) mass is 328 g/mol. The van der Waals surface area contributed by atoms with Crippen LogP contribution in [0.4, 0.5) is 0 Å². The highest BCUT2D eigenvalue weighted by atomic mass is 16.5. The van der Waals surface area contributed by atoms with Crippen molar-refractivity contribution in [2.24, 2.45) is 5.41 Å². The van der Waals surface area contributed by atoms with Crippen LogP contribution in [-0.4, -0.2) is 53.0 Å². The summed E-state index contributed by atoms with van der Waals surface area (Å²) in [5.41, 5.74) is -0.212. The van der Waals surface area contributed by atoms with E-state index >= 15 is 0 Å². The van der Waals surface area contributed by atoms with Crippen LogP contribution in [0.15, 0.2) is 30.3 Å². The summed E-state index contributed by atoms with van der Waals surface area (Å²) in [4.78, 5) is 0. The molecule has 0 aliphatic rings. The molecule has 0 saturated heterocycles. The van der Waals surface area contributed by atoms with Gasteiger partial charge in [-0.3, -0.25) is 0 Å². The van der Waals surface area contributed by atoms with Crippen molar-refractivity contribution in [1.82, 2.24) is 0 Å². The number of aliphatic hydroxyl groups excluding tert-OH is 4. The Balaban J connectivity index is 0.000000423. The van der Waals surface area contributed by atoms with Gasteiger partial charge in [0, 0.05) is 5.41 Å². The third-order valence-electron chi connectivity index (χ3n) is 3.93. The molecule has 0 bridgehead atoms. The molecule has 4 N–H and O–H groups in total. The fraction of sp³-hybridized carbons (Fsp3) is 0.667. The van der Waals surface area contributed by atoms with Gasteiger partial charge in [-0.05, 0) is 25.0 Å². The molecule has 0 aromatic heterocycles. The van der Waals surface area contributed by atoms with E-state index in [0.717, 1.165) is 25.7 Å². The molecule has 134 valence electrons. The van der Waals surface area contributed by atoms with E-state index in [1.165, 1.54) is 0 Å². The summed E-state index contributed by atoms with van der Waals surface area (Å²) in [6, 6.07) is 9.10. The predicted octanol–water partition coefficient (Wildman–Crippen LogP) is 1.98. The first-order valence-corrected chi connectivity index (χ1v) is 8.26. The van der Waals surface area contributed by atoms with Crippen molar-refractivity contribution in [2.45, 2.75) is 45.6 Å². The fourth-order valence-corrected chi connectivity index (χ4v) is 1.98. The maximum absolute atomic E-state index is 9.04. The lowest BCUT2D eigenvalue weighted by Gasteiger charge is -2.27. The van der Waals surface area contributed by atoms with Crippen LogP contribution in [0.25, 0.3) is 0 Å². The van der Waals surface area contributed by atoms with Gasteiger partial charge in [0.2, 0.25) is 0 Å². The Labute approximate surface area is 139 Å². The van der Waals surface area contributed by atoms with Crippen LogP contribution in [0.3, 0.4) is 0 Å². The Kier molecular flexibility index (Phi) is 12.7. The van der Waals surface area contributed by atoms with Crippen LogP contribution in [0.5, 0.6) is 5.75 Å². The molecule has 0 heterocycles. The molecule has 0 radical (unpaired) electrons. The Morgan fingerprint density at radius 2 is 1.52 bits per heavy atom. The number of rotatable bonds is 10. The Morgan fingerprint density at radius 1 is 0.957 bits per heavy atom. The first kappa shape index (κ1) is 21.9. The van der Waals surface area contributed by atoms with Crippen molar-refractivity contribution in [3.8, 4) is 5.75 Å². The molecule has 5 nitrogen and oxygen atoms in total. The van der Waals surface area contributed by atoms with E-state index in [4.69, 9.17) is 25.2 Å². The quantitative estimate of drug-likeness (QED) is 0.527. The Morgan fingerprint density at radius 3 is 1.91 bits per heavy atom. The molecular weight excluding hydrogens is 296 g/mol. The summed E-state index contributed by atoms with van der Waals surface area (Å²) in [6.07, 6.45) is 3.50. The molecule has 0 amide bonds. The highest BCUT2D eigenvalue weighted by Crippen LogP contribution is 2.27. The summed E-state index contributed by atoms with van der Waals surface area (Å²) in [7, 11) is 0. The lowest BCUT2D eigenvalue weighted by atomic mass is 9.82. The third kappa shape index (κ3) is 8.91. The zero-order valence-corrected chi connectivity index (χ0v) is 14.3. The SMILES string of the molecule is CCCCC(CC)(CO)CO.OCC(CO)Oc1ccccc1. The van der Waals surface area contributed by atoms with Gasteiger partial charge in [-0.2, -0.15) is 0 Å². The Bertz CT molecular complexity index is 353. The second-order valence-electron chi connectivity index (χ2n) is 5.69. The minimum Gasteiger partial charge on any atom is -0.486 e. The molecule has 1 aromatic rings. The number of unbranched alkanes of at least 4 members (excludes halogenated alkanes) is 1. The zero-order chi connectivity index (χ0) is 17.6. The maximum atomic E-state index is 9.04. The molecule has 1 aromatic carbocycles. The second-order valence-corrected chi connectivity index (χ2v) is 5.69. The first-order valence-electron chi connectivity index (χ1n) is 8.26. The van der Waals surface area contributed by atoms with Crippen molar-refractivity contribution in [1.29, 1.82) is 0 Å². The average Bonchev–Trinajstić information content (AvgIpc) is 2.63. The largest absolute Gasteiger partial charge is 0.486 e. The molecule has 0 unspecified atom stereocenters. The number of aliphatic hydroxyl groups is 4. The fourth-order valence-electron chi connectivity index (χ4n) is 1.98. The first-order chi connectivity index (χ1) is 11.1. The molecule has 23 heavy (non-hydrogen) atoms.